The molecule has 2 rings (SSSR count). The van der Waals surface area contributed by atoms with E-state index >= 15 is 0 Å². The monoisotopic (exact) mass is 311 g/mol. The van der Waals surface area contributed by atoms with Crippen LogP contribution in [0.15, 0.2) is 11.0 Å². The Morgan fingerprint density at radius 3 is 2.68 bits per heavy atom. The average Bonchev–Trinajstić information content (AvgIpc) is 3.01. The third kappa shape index (κ3) is 2.62. The number of aldehydes is 1. The van der Waals surface area contributed by atoms with Crippen LogP contribution in [0.4, 0.5) is 0 Å². The summed E-state index contributed by atoms with van der Waals surface area (Å²) in [6.45, 7) is 0.434. The lowest BCUT2D eigenvalue weighted by Crippen LogP contribution is -2.29. The molecule has 22 heavy (non-hydrogen) atoms. The minimum atomic E-state index is -0.803. The van der Waals surface area contributed by atoms with Gasteiger partial charge in [-0.3, -0.25) is 9.59 Å². The molecule has 0 saturated carbocycles. The maximum atomic E-state index is 12.2. The van der Waals surface area contributed by atoms with Crippen LogP contribution in [0.1, 0.15) is 33.3 Å². The van der Waals surface area contributed by atoms with Gasteiger partial charge in [0.25, 0.3) is 0 Å². The molecule has 0 bridgehead atoms. The molecule has 120 valence electrons. The SMILES string of the molecule is COC(=O)c1cn(C2CCOC2OC)c(C=O)c(OC)c1=O. The Labute approximate surface area is 126 Å². The summed E-state index contributed by atoms with van der Waals surface area (Å²) in [5, 5.41) is 0. The minimum absolute atomic E-state index is 0.0257. The van der Waals surface area contributed by atoms with Crippen LogP contribution in [0.2, 0.25) is 0 Å². The molecule has 0 radical (unpaired) electrons. The standard InChI is InChI=1S/C14H17NO7/c1-19-12-10(7-16)15(9-4-5-22-14(9)21-3)6-8(11(12)17)13(18)20-2/h6-7,9,14H,4-5H2,1-3H3. The van der Waals surface area contributed by atoms with Crippen LogP contribution >= 0.6 is 0 Å². The highest BCUT2D eigenvalue weighted by Crippen LogP contribution is 2.29. The molecule has 8 nitrogen and oxygen atoms in total. The Bertz CT molecular complexity index is 637. The number of pyridine rings is 1. The van der Waals surface area contributed by atoms with E-state index in [2.05, 4.69) is 4.74 Å². The Balaban J connectivity index is 2.68. The van der Waals surface area contributed by atoms with Gasteiger partial charge in [-0.15, -0.1) is 0 Å². The van der Waals surface area contributed by atoms with E-state index < -0.39 is 17.7 Å². The molecule has 1 aliphatic rings. The first kappa shape index (κ1) is 16.2. The number of rotatable bonds is 5. The average molecular weight is 311 g/mol. The van der Waals surface area contributed by atoms with Gasteiger partial charge in [0.2, 0.25) is 5.43 Å². The van der Waals surface area contributed by atoms with Gasteiger partial charge in [0.1, 0.15) is 11.3 Å². The van der Waals surface area contributed by atoms with Crippen LogP contribution in [0.25, 0.3) is 0 Å². The maximum absolute atomic E-state index is 12.2. The predicted molar refractivity (Wildman–Crippen MR) is 74.4 cm³/mol. The molecule has 1 fully saturated rings. The molecule has 8 heteroatoms. The molecule has 1 saturated heterocycles. The molecule has 0 spiro atoms. The van der Waals surface area contributed by atoms with Crippen molar-refractivity contribution in [3.8, 4) is 5.75 Å². The number of carbonyl (C=O) groups is 2. The quantitative estimate of drug-likeness (QED) is 0.573. The molecule has 0 N–H and O–H groups in total. The fraction of sp³-hybridized carbons (Fsp3) is 0.500. The van der Waals surface area contributed by atoms with Gasteiger partial charge in [0.05, 0.1) is 26.9 Å². The third-order valence-electron chi connectivity index (χ3n) is 3.55. The number of carbonyl (C=O) groups excluding carboxylic acids is 2. The highest BCUT2D eigenvalue weighted by atomic mass is 16.7. The van der Waals surface area contributed by atoms with E-state index in [0.29, 0.717) is 19.3 Å². The Hall–Kier alpha value is -2.19. The highest BCUT2D eigenvalue weighted by Gasteiger charge is 2.33. The van der Waals surface area contributed by atoms with E-state index in [1.54, 1.807) is 0 Å². The van der Waals surface area contributed by atoms with Gasteiger partial charge in [-0.2, -0.15) is 0 Å². The number of nitrogens with zero attached hydrogens (tertiary/aromatic N) is 1. The van der Waals surface area contributed by atoms with Crippen LogP contribution in [0.3, 0.4) is 0 Å². The number of ether oxygens (including phenoxy) is 4. The number of hydrogen-bond acceptors (Lipinski definition) is 7. The maximum Gasteiger partial charge on any atom is 0.343 e. The first-order chi connectivity index (χ1) is 10.6. The fourth-order valence-corrected chi connectivity index (χ4v) is 2.51. The summed E-state index contributed by atoms with van der Waals surface area (Å²) in [5.41, 5.74) is -0.884. The molecule has 0 aromatic carbocycles. The van der Waals surface area contributed by atoms with Gasteiger partial charge in [-0.25, -0.2) is 4.79 Å². The van der Waals surface area contributed by atoms with Crippen molar-refractivity contribution in [2.45, 2.75) is 18.8 Å². The van der Waals surface area contributed by atoms with E-state index in [1.807, 2.05) is 0 Å². The topological polar surface area (TPSA) is 93.1 Å². The van der Waals surface area contributed by atoms with Crippen molar-refractivity contribution in [2.75, 3.05) is 27.9 Å². The van der Waals surface area contributed by atoms with Crippen molar-refractivity contribution in [3.05, 3.63) is 27.7 Å². The third-order valence-corrected chi connectivity index (χ3v) is 3.55. The number of esters is 1. The van der Waals surface area contributed by atoms with Crippen molar-refractivity contribution in [3.63, 3.8) is 0 Å². The van der Waals surface area contributed by atoms with Gasteiger partial charge in [-0.1, -0.05) is 0 Å². The second-order valence-corrected chi connectivity index (χ2v) is 4.64. The smallest absolute Gasteiger partial charge is 0.343 e. The summed E-state index contributed by atoms with van der Waals surface area (Å²) in [6.07, 6.45) is 1.76. The lowest BCUT2D eigenvalue weighted by molar-refractivity contribution is -0.106. The van der Waals surface area contributed by atoms with Crippen molar-refractivity contribution < 1.29 is 28.5 Å². The van der Waals surface area contributed by atoms with Crippen LogP contribution in [0.5, 0.6) is 5.75 Å². The van der Waals surface area contributed by atoms with E-state index in [1.165, 1.54) is 32.1 Å². The molecule has 1 aromatic heterocycles. The zero-order valence-corrected chi connectivity index (χ0v) is 12.5. The number of hydrogen-bond donors (Lipinski definition) is 0. The first-order valence-electron chi connectivity index (χ1n) is 6.60. The zero-order valence-electron chi connectivity index (χ0n) is 12.5. The first-order valence-corrected chi connectivity index (χ1v) is 6.60. The Kier molecular flexibility index (Phi) is 4.94. The van der Waals surface area contributed by atoms with Gasteiger partial charge in [0.15, 0.2) is 18.3 Å². The van der Waals surface area contributed by atoms with E-state index in [0.717, 1.165) is 0 Å². The van der Waals surface area contributed by atoms with E-state index in [9.17, 15) is 14.4 Å². The largest absolute Gasteiger partial charge is 0.491 e. The summed E-state index contributed by atoms with van der Waals surface area (Å²) < 4.78 is 21.7. The van der Waals surface area contributed by atoms with Crippen LogP contribution in [-0.4, -0.2) is 51.0 Å². The fourth-order valence-electron chi connectivity index (χ4n) is 2.51. The van der Waals surface area contributed by atoms with Gasteiger partial charge >= 0.3 is 5.97 Å². The van der Waals surface area contributed by atoms with E-state index in [-0.39, 0.29) is 23.0 Å². The normalized spacial score (nSPS) is 20.7. The predicted octanol–water partition coefficient (Wildman–Crippen LogP) is 0.390. The van der Waals surface area contributed by atoms with Crippen LogP contribution in [-0.2, 0) is 14.2 Å². The molecule has 1 aliphatic heterocycles. The Morgan fingerprint density at radius 2 is 2.14 bits per heavy atom. The highest BCUT2D eigenvalue weighted by molar-refractivity contribution is 5.90. The summed E-state index contributed by atoms with van der Waals surface area (Å²) in [5.74, 6) is -1.01. The molecule has 1 aromatic rings. The minimum Gasteiger partial charge on any atom is -0.491 e. The summed E-state index contributed by atoms with van der Waals surface area (Å²) in [7, 11) is 3.90. The van der Waals surface area contributed by atoms with Crippen molar-refractivity contribution >= 4 is 12.3 Å². The van der Waals surface area contributed by atoms with Gasteiger partial charge in [0, 0.05) is 13.3 Å². The van der Waals surface area contributed by atoms with Crippen molar-refractivity contribution in [2.24, 2.45) is 0 Å². The molecular formula is C14H17NO7. The lowest BCUT2D eigenvalue weighted by atomic mass is 10.1. The molecule has 2 atom stereocenters. The van der Waals surface area contributed by atoms with Crippen LogP contribution in [0, 0.1) is 0 Å². The molecule has 2 unspecified atom stereocenters. The number of aromatic nitrogens is 1. The molecular weight excluding hydrogens is 294 g/mol. The zero-order chi connectivity index (χ0) is 16.3. The molecule has 2 heterocycles. The van der Waals surface area contributed by atoms with Gasteiger partial charge < -0.3 is 23.5 Å². The van der Waals surface area contributed by atoms with Crippen molar-refractivity contribution in [1.29, 1.82) is 0 Å². The summed E-state index contributed by atoms with van der Waals surface area (Å²) in [4.78, 5) is 35.4. The molecule has 0 aliphatic carbocycles. The van der Waals surface area contributed by atoms with Crippen molar-refractivity contribution in [1.82, 2.24) is 4.57 Å². The second kappa shape index (κ2) is 6.71. The summed E-state index contributed by atoms with van der Waals surface area (Å²) in [6, 6.07) is -0.358. The Morgan fingerprint density at radius 1 is 1.41 bits per heavy atom. The molecule has 0 amide bonds. The second-order valence-electron chi connectivity index (χ2n) is 4.64. The summed E-state index contributed by atoms with van der Waals surface area (Å²) >= 11 is 0. The number of methoxy groups -OCH3 is 3. The van der Waals surface area contributed by atoms with E-state index in [4.69, 9.17) is 14.2 Å². The lowest BCUT2D eigenvalue weighted by Gasteiger charge is -2.23. The van der Waals surface area contributed by atoms with Gasteiger partial charge in [-0.05, 0) is 6.42 Å². The van der Waals surface area contributed by atoms with Crippen LogP contribution < -0.4 is 10.2 Å².